The van der Waals surface area contributed by atoms with E-state index in [1.807, 2.05) is 18.2 Å². The molecule has 3 nitrogen and oxygen atoms in total. The molecule has 1 aromatic rings. The minimum absolute atomic E-state index is 0.00201. The number of nitrogens with one attached hydrogen (secondary N) is 2. The van der Waals surface area contributed by atoms with Crippen molar-refractivity contribution in [3.63, 3.8) is 0 Å². The maximum atomic E-state index is 12.0. The lowest BCUT2D eigenvalue weighted by Crippen LogP contribution is -2.31. The van der Waals surface area contributed by atoms with Crippen molar-refractivity contribution >= 4 is 23.2 Å². The van der Waals surface area contributed by atoms with Gasteiger partial charge in [-0.15, -0.1) is 0 Å². The van der Waals surface area contributed by atoms with E-state index in [1.165, 1.54) is 12.8 Å². The molecule has 2 N–H and O–H groups in total. The van der Waals surface area contributed by atoms with Gasteiger partial charge < -0.3 is 10.6 Å². The summed E-state index contributed by atoms with van der Waals surface area (Å²) >= 11 is 5.95. The zero-order valence-corrected chi connectivity index (χ0v) is 11.0. The SMILES string of the molecule is O=C1Nc2cc(Cl)ccc2C1CC1CCCNC1. The highest BCUT2D eigenvalue weighted by Crippen LogP contribution is 2.38. The van der Waals surface area contributed by atoms with Crippen molar-refractivity contribution in [2.75, 3.05) is 18.4 Å². The van der Waals surface area contributed by atoms with Gasteiger partial charge in [-0.25, -0.2) is 0 Å². The van der Waals surface area contributed by atoms with Crippen LogP contribution in [0.25, 0.3) is 0 Å². The summed E-state index contributed by atoms with van der Waals surface area (Å²) < 4.78 is 0. The van der Waals surface area contributed by atoms with Gasteiger partial charge >= 0.3 is 0 Å². The number of anilines is 1. The van der Waals surface area contributed by atoms with Crippen LogP contribution in [0.2, 0.25) is 5.02 Å². The van der Waals surface area contributed by atoms with Crippen LogP contribution in [0.4, 0.5) is 5.69 Å². The Balaban J connectivity index is 1.78. The van der Waals surface area contributed by atoms with Crippen LogP contribution in [-0.2, 0) is 4.79 Å². The Morgan fingerprint density at radius 3 is 3.06 bits per heavy atom. The van der Waals surface area contributed by atoms with Gasteiger partial charge in [0.25, 0.3) is 0 Å². The molecule has 1 amide bonds. The van der Waals surface area contributed by atoms with Gasteiger partial charge in [0.2, 0.25) is 5.91 Å². The van der Waals surface area contributed by atoms with E-state index in [9.17, 15) is 4.79 Å². The first-order valence-corrected chi connectivity index (χ1v) is 6.93. The van der Waals surface area contributed by atoms with Gasteiger partial charge in [-0.3, -0.25) is 4.79 Å². The predicted octanol–water partition coefficient (Wildman–Crippen LogP) is 2.77. The Morgan fingerprint density at radius 1 is 1.39 bits per heavy atom. The van der Waals surface area contributed by atoms with Gasteiger partial charge in [0, 0.05) is 10.7 Å². The van der Waals surface area contributed by atoms with Crippen molar-refractivity contribution in [1.82, 2.24) is 5.32 Å². The lowest BCUT2D eigenvalue weighted by molar-refractivity contribution is -0.117. The molecule has 2 heterocycles. The fourth-order valence-electron chi connectivity index (χ4n) is 2.99. The number of benzene rings is 1. The second kappa shape index (κ2) is 4.90. The van der Waals surface area contributed by atoms with E-state index in [-0.39, 0.29) is 11.8 Å². The fraction of sp³-hybridized carbons (Fsp3) is 0.500. The highest BCUT2D eigenvalue weighted by atomic mass is 35.5. The van der Waals surface area contributed by atoms with Crippen LogP contribution in [0.5, 0.6) is 0 Å². The second-order valence-electron chi connectivity index (χ2n) is 5.22. The predicted molar refractivity (Wildman–Crippen MR) is 73.0 cm³/mol. The van der Waals surface area contributed by atoms with Crippen LogP contribution in [0, 0.1) is 5.92 Å². The minimum Gasteiger partial charge on any atom is -0.325 e. The van der Waals surface area contributed by atoms with Crippen LogP contribution in [0.1, 0.15) is 30.7 Å². The zero-order chi connectivity index (χ0) is 12.5. The Kier molecular flexibility index (Phi) is 3.27. The Labute approximate surface area is 112 Å². The number of hydrogen-bond donors (Lipinski definition) is 2. The molecule has 0 aromatic heterocycles. The number of hydrogen-bond acceptors (Lipinski definition) is 2. The van der Waals surface area contributed by atoms with Crippen LogP contribution < -0.4 is 10.6 Å². The molecule has 0 aliphatic carbocycles. The first-order valence-electron chi connectivity index (χ1n) is 6.55. The lowest BCUT2D eigenvalue weighted by Gasteiger charge is -2.24. The molecule has 0 radical (unpaired) electrons. The average Bonchev–Trinajstić information content (AvgIpc) is 2.66. The molecule has 2 aliphatic heterocycles. The van der Waals surface area contributed by atoms with Gasteiger partial charge in [-0.1, -0.05) is 17.7 Å². The highest BCUT2D eigenvalue weighted by Gasteiger charge is 2.32. The van der Waals surface area contributed by atoms with Crippen molar-refractivity contribution < 1.29 is 4.79 Å². The largest absolute Gasteiger partial charge is 0.325 e. The third-order valence-corrected chi connectivity index (χ3v) is 4.17. The van der Waals surface area contributed by atoms with E-state index in [1.54, 1.807) is 0 Å². The molecule has 0 bridgehead atoms. The summed E-state index contributed by atoms with van der Waals surface area (Å²) in [6.45, 7) is 2.15. The summed E-state index contributed by atoms with van der Waals surface area (Å²) in [5, 5.41) is 7.01. The molecule has 2 atom stereocenters. The van der Waals surface area contributed by atoms with Crippen molar-refractivity contribution in [1.29, 1.82) is 0 Å². The molecular weight excluding hydrogens is 248 g/mol. The molecule has 2 unspecified atom stereocenters. The molecule has 1 fully saturated rings. The van der Waals surface area contributed by atoms with Crippen molar-refractivity contribution in [3.8, 4) is 0 Å². The van der Waals surface area contributed by atoms with Crippen LogP contribution >= 0.6 is 11.6 Å². The van der Waals surface area contributed by atoms with Gasteiger partial charge in [-0.2, -0.15) is 0 Å². The van der Waals surface area contributed by atoms with E-state index >= 15 is 0 Å². The number of piperidine rings is 1. The van der Waals surface area contributed by atoms with E-state index in [4.69, 9.17) is 11.6 Å². The summed E-state index contributed by atoms with van der Waals surface area (Å²) in [5.41, 5.74) is 2.00. The molecular formula is C14H17ClN2O. The molecule has 4 heteroatoms. The van der Waals surface area contributed by atoms with Gasteiger partial charge in [0.1, 0.15) is 0 Å². The maximum absolute atomic E-state index is 12.0. The number of carbonyl (C=O) groups is 1. The monoisotopic (exact) mass is 264 g/mol. The van der Waals surface area contributed by atoms with Crippen LogP contribution in [0.3, 0.4) is 0 Å². The second-order valence-corrected chi connectivity index (χ2v) is 5.66. The summed E-state index contributed by atoms with van der Waals surface area (Å²) in [4.78, 5) is 12.0. The standard InChI is InChI=1S/C14H17ClN2O/c15-10-3-4-11-12(14(18)17-13(11)7-10)6-9-2-1-5-16-8-9/h3-4,7,9,12,16H,1-2,5-6,8H2,(H,17,18). The normalized spacial score (nSPS) is 26.8. The van der Waals surface area contributed by atoms with E-state index in [0.717, 1.165) is 30.8 Å². The third kappa shape index (κ3) is 2.25. The lowest BCUT2D eigenvalue weighted by atomic mass is 9.86. The molecule has 0 spiro atoms. The number of fused-ring (bicyclic) bond motifs is 1. The number of halogens is 1. The van der Waals surface area contributed by atoms with E-state index in [0.29, 0.717) is 10.9 Å². The van der Waals surface area contributed by atoms with E-state index in [2.05, 4.69) is 10.6 Å². The fourth-order valence-corrected chi connectivity index (χ4v) is 3.17. The summed E-state index contributed by atoms with van der Waals surface area (Å²) in [6.07, 6.45) is 3.37. The first kappa shape index (κ1) is 12.0. The number of rotatable bonds is 2. The highest BCUT2D eigenvalue weighted by molar-refractivity contribution is 6.31. The third-order valence-electron chi connectivity index (χ3n) is 3.93. The van der Waals surface area contributed by atoms with Gasteiger partial charge in [0.05, 0.1) is 5.92 Å². The molecule has 2 aliphatic rings. The molecule has 1 aromatic carbocycles. The molecule has 1 saturated heterocycles. The number of amides is 1. The zero-order valence-electron chi connectivity index (χ0n) is 10.2. The van der Waals surface area contributed by atoms with Gasteiger partial charge in [0.15, 0.2) is 0 Å². The van der Waals surface area contributed by atoms with Crippen molar-refractivity contribution in [3.05, 3.63) is 28.8 Å². The Morgan fingerprint density at radius 2 is 2.28 bits per heavy atom. The maximum Gasteiger partial charge on any atom is 0.232 e. The average molecular weight is 265 g/mol. The van der Waals surface area contributed by atoms with Gasteiger partial charge in [-0.05, 0) is 56.0 Å². The van der Waals surface area contributed by atoms with E-state index < -0.39 is 0 Å². The van der Waals surface area contributed by atoms with Crippen LogP contribution in [-0.4, -0.2) is 19.0 Å². The molecule has 0 saturated carbocycles. The number of carbonyl (C=O) groups excluding carboxylic acids is 1. The quantitative estimate of drug-likeness (QED) is 0.862. The Hall–Kier alpha value is -1.06. The van der Waals surface area contributed by atoms with Crippen molar-refractivity contribution in [2.24, 2.45) is 5.92 Å². The molecule has 3 rings (SSSR count). The molecule has 96 valence electrons. The van der Waals surface area contributed by atoms with Crippen molar-refractivity contribution in [2.45, 2.75) is 25.2 Å². The summed E-state index contributed by atoms with van der Waals surface area (Å²) in [5.74, 6) is 0.733. The first-order chi connectivity index (χ1) is 8.74. The van der Waals surface area contributed by atoms with Crippen LogP contribution in [0.15, 0.2) is 18.2 Å². The summed E-state index contributed by atoms with van der Waals surface area (Å²) in [6, 6.07) is 5.69. The smallest absolute Gasteiger partial charge is 0.232 e. The Bertz CT molecular complexity index is 469. The molecule has 18 heavy (non-hydrogen) atoms. The minimum atomic E-state index is 0.00201. The summed E-state index contributed by atoms with van der Waals surface area (Å²) in [7, 11) is 0. The topological polar surface area (TPSA) is 41.1 Å².